The Morgan fingerprint density at radius 1 is 1.40 bits per heavy atom. The van der Waals surface area contributed by atoms with Gasteiger partial charge < -0.3 is 5.32 Å². The highest BCUT2D eigenvalue weighted by Gasteiger charge is 2.25. The van der Waals surface area contributed by atoms with E-state index in [1.165, 1.54) is 22.5 Å². The van der Waals surface area contributed by atoms with Crippen LogP contribution in [0.2, 0.25) is 0 Å². The Hall–Kier alpha value is -1.72. The molecule has 0 spiro atoms. The van der Waals surface area contributed by atoms with Crippen molar-refractivity contribution < 1.29 is 4.79 Å². The molecule has 0 unspecified atom stereocenters. The van der Waals surface area contributed by atoms with Gasteiger partial charge in [-0.05, 0) is 24.5 Å². The van der Waals surface area contributed by atoms with Crippen molar-refractivity contribution in [2.24, 2.45) is 0 Å². The zero-order valence-corrected chi connectivity index (χ0v) is 12.2. The van der Waals surface area contributed by atoms with Crippen LogP contribution in [0.3, 0.4) is 0 Å². The molecule has 0 radical (unpaired) electrons. The number of amides is 1. The van der Waals surface area contributed by atoms with E-state index in [0.717, 1.165) is 19.5 Å². The highest BCUT2D eigenvalue weighted by atomic mass is 32.1. The minimum absolute atomic E-state index is 0.0133. The van der Waals surface area contributed by atoms with Gasteiger partial charge in [-0.1, -0.05) is 24.3 Å². The second kappa shape index (κ2) is 5.73. The Balaban J connectivity index is 1.66. The number of aromatic nitrogens is 1. The Morgan fingerprint density at radius 3 is 2.95 bits per heavy atom. The van der Waals surface area contributed by atoms with Crippen molar-refractivity contribution in [3.8, 4) is 0 Å². The van der Waals surface area contributed by atoms with Crippen molar-refractivity contribution in [1.29, 1.82) is 0 Å². The summed E-state index contributed by atoms with van der Waals surface area (Å²) in [5, 5.41) is 5.39. The van der Waals surface area contributed by atoms with Crippen molar-refractivity contribution in [2.75, 3.05) is 11.9 Å². The van der Waals surface area contributed by atoms with Crippen LogP contribution in [0, 0.1) is 0 Å². The molecular formula is C15H17N3OS. The van der Waals surface area contributed by atoms with Crippen LogP contribution in [-0.2, 0) is 17.8 Å². The number of carbonyl (C=O) groups is 1. The highest BCUT2D eigenvalue weighted by molar-refractivity contribution is 7.13. The van der Waals surface area contributed by atoms with E-state index in [9.17, 15) is 4.79 Å². The number of carbonyl (C=O) groups excluding carboxylic acids is 1. The summed E-state index contributed by atoms with van der Waals surface area (Å²) in [4.78, 5) is 18.5. The zero-order valence-electron chi connectivity index (χ0n) is 11.4. The molecule has 2 heterocycles. The first-order chi connectivity index (χ1) is 9.74. The zero-order chi connectivity index (χ0) is 13.9. The lowest BCUT2D eigenvalue weighted by Crippen LogP contribution is -2.44. The molecule has 3 rings (SSSR count). The summed E-state index contributed by atoms with van der Waals surface area (Å²) >= 11 is 1.44. The molecule has 0 fully saturated rings. The smallest absolute Gasteiger partial charge is 0.243 e. The molecule has 0 aliphatic carbocycles. The van der Waals surface area contributed by atoms with Crippen LogP contribution in [0.25, 0.3) is 0 Å². The lowest BCUT2D eigenvalue weighted by Gasteiger charge is -2.32. The summed E-state index contributed by atoms with van der Waals surface area (Å²) < 4.78 is 0. The number of hydrogen-bond donors (Lipinski definition) is 1. The standard InChI is InChI=1S/C15H17N3OS/c1-11(14(19)17-15-16-7-9-20-15)18-8-6-12-4-2-3-5-13(12)10-18/h2-5,7,9,11H,6,8,10H2,1H3,(H,16,17,19)/t11-/m0/s1. The summed E-state index contributed by atoms with van der Waals surface area (Å²) in [7, 11) is 0. The predicted octanol–water partition coefficient (Wildman–Crippen LogP) is 2.53. The number of anilines is 1. The van der Waals surface area contributed by atoms with E-state index in [2.05, 4.69) is 39.5 Å². The quantitative estimate of drug-likeness (QED) is 0.943. The van der Waals surface area contributed by atoms with Crippen molar-refractivity contribution in [2.45, 2.75) is 25.9 Å². The fourth-order valence-electron chi connectivity index (χ4n) is 2.51. The average molecular weight is 287 g/mol. The number of thiazole rings is 1. The normalized spacial score (nSPS) is 16.4. The number of hydrogen-bond acceptors (Lipinski definition) is 4. The minimum Gasteiger partial charge on any atom is -0.301 e. The van der Waals surface area contributed by atoms with Crippen molar-refractivity contribution in [3.63, 3.8) is 0 Å². The molecule has 1 N–H and O–H groups in total. The van der Waals surface area contributed by atoms with E-state index in [0.29, 0.717) is 5.13 Å². The van der Waals surface area contributed by atoms with E-state index < -0.39 is 0 Å². The first-order valence-corrected chi connectivity index (χ1v) is 7.63. The predicted molar refractivity (Wildman–Crippen MR) is 80.8 cm³/mol. The van der Waals surface area contributed by atoms with Crippen LogP contribution >= 0.6 is 11.3 Å². The molecule has 0 saturated carbocycles. The van der Waals surface area contributed by atoms with Gasteiger partial charge in [0.05, 0.1) is 6.04 Å². The first kappa shape index (κ1) is 13.3. The third-order valence-electron chi connectivity index (χ3n) is 3.75. The van der Waals surface area contributed by atoms with E-state index in [1.807, 2.05) is 12.3 Å². The maximum Gasteiger partial charge on any atom is 0.243 e. The number of nitrogens with zero attached hydrogens (tertiary/aromatic N) is 2. The van der Waals surface area contributed by atoms with E-state index in [4.69, 9.17) is 0 Å². The molecule has 0 bridgehead atoms. The van der Waals surface area contributed by atoms with Crippen molar-refractivity contribution >= 4 is 22.4 Å². The number of nitrogens with one attached hydrogen (secondary N) is 1. The number of fused-ring (bicyclic) bond motifs is 1. The summed E-state index contributed by atoms with van der Waals surface area (Å²) in [6.07, 6.45) is 2.70. The van der Waals surface area contributed by atoms with Gasteiger partial charge in [-0.2, -0.15) is 0 Å². The van der Waals surface area contributed by atoms with Gasteiger partial charge in [-0.15, -0.1) is 11.3 Å². The van der Waals surface area contributed by atoms with Crippen LogP contribution in [-0.4, -0.2) is 28.4 Å². The fourth-order valence-corrected chi connectivity index (χ4v) is 3.04. The summed E-state index contributed by atoms with van der Waals surface area (Å²) in [5.74, 6) is 0.0133. The van der Waals surface area contributed by atoms with E-state index in [1.54, 1.807) is 6.20 Å². The van der Waals surface area contributed by atoms with Gasteiger partial charge in [0.1, 0.15) is 0 Å². The van der Waals surface area contributed by atoms with Gasteiger partial charge in [0, 0.05) is 24.7 Å². The summed E-state index contributed by atoms with van der Waals surface area (Å²) in [5.41, 5.74) is 2.73. The van der Waals surface area contributed by atoms with Crippen LogP contribution < -0.4 is 5.32 Å². The van der Waals surface area contributed by atoms with Gasteiger partial charge in [-0.25, -0.2) is 4.98 Å². The lowest BCUT2D eigenvalue weighted by atomic mass is 9.99. The van der Waals surface area contributed by atoms with E-state index >= 15 is 0 Å². The van der Waals surface area contributed by atoms with Crippen molar-refractivity contribution in [3.05, 3.63) is 47.0 Å². The van der Waals surface area contributed by atoms with Gasteiger partial charge in [0.2, 0.25) is 5.91 Å². The topological polar surface area (TPSA) is 45.2 Å². The Labute approximate surface area is 122 Å². The van der Waals surface area contributed by atoms with Crippen LogP contribution in [0.15, 0.2) is 35.8 Å². The van der Waals surface area contributed by atoms with Crippen LogP contribution in [0.1, 0.15) is 18.1 Å². The largest absolute Gasteiger partial charge is 0.301 e. The maximum absolute atomic E-state index is 12.2. The molecule has 0 saturated heterocycles. The number of rotatable bonds is 3. The molecule has 20 heavy (non-hydrogen) atoms. The molecule has 4 nitrogen and oxygen atoms in total. The summed E-state index contributed by atoms with van der Waals surface area (Å²) in [6.45, 7) is 3.71. The molecule has 1 aliphatic heterocycles. The molecule has 1 aromatic carbocycles. The highest BCUT2D eigenvalue weighted by Crippen LogP contribution is 2.21. The number of benzene rings is 1. The monoisotopic (exact) mass is 287 g/mol. The molecule has 104 valence electrons. The third-order valence-corrected chi connectivity index (χ3v) is 4.44. The molecule has 1 atom stereocenters. The average Bonchev–Trinajstić information content (AvgIpc) is 2.99. The third kappa shape index (κ3) is 2.73. The second-order valence-corrected chi connectivity index (χ2v) is 5.89. The molecule has 2 aromatic rings. The van der Waals surface area contributed by atoms with Gasteiger partial charge >= 0.3 is 0 Å². The van der Waals surface area contributed by atoms with Gasteiger partial charge in [0.25, 0.3) is 0 Å². The molecular weight excluding hydrogens is 270 g/mol. The Bertz CT molecular complexity index is 597. The maximum atomic E-state index is 12.2. The molecule has 5 heteroatoms. The SMILES string of the molecule is C[C@@H](C(=O)Nc1nccs1)N1CCc2ccccc2C1. The second-order valence-electron chi connectivity index (χ2n) is 4.99. The van der Waals surface area contributed by atoms with Crippen molar-refractivity contribution in [1.82, 2.24) is 9.88 Å². The van der Waals surface area contributed by atoms with Crippen LogP contribution in [0.4, 0.5) is 5.13 Å². The summed E-state index contributed by atoms with van der Waals surface area (Å²) in [6, 6.07) is 8.31. The molecule has 1 amide bonds. The first-order valence-electron chi connectivity index (χ1n) is 6.75. The van der Waals surface area contributed by atoms with Gasteiger partial charge in [-0.3, -0.25) is 9.69 Å². The van der Waals surface area contributed by atoms with Gasteiger partial charge in [0.15, 0.2) is 5.13 Å². The lowest BCUT2D eigenvalue weighted by molar-refractivity contribution is -0.121. The minimum atomic E-state index is -0.146. The Morgan fingerprint density at radius 2 is 2.20 bits per heavy atom. The molecule has 1 aliphatic rings. The molecule has 1 aromatic heterocycles. The van der Waals surface area contributed by atoms with E-state index in [-0.39, 0.29) is 11.9 Å². The Kier molecular flexibility index (Phi) is 3.80. The fraction of sp³-hybridized carbons (Fsp3) is 0.333. The van der Waals surface area contributed by atoms with Crippen LogP contribution in [0.5, 0.6) is 0 Å².